The van der Waals surface area contributed by atoms with Gasteiger partial charge in [0, 0.05) is 17.5 Å². The van der Waals surface area contributed by atoms with Gasteiger partial charge in [-0.05, 0) is 38.2 Å². The smallest absolute Gasteiger partial charge is 0.408 e. The summed E-state index contributed by atoms with van der Waals surface area (Å²) in [5.41, 5.74) is 1.79. The highest BCUT2D eigenvalue weighted by Crippen LogP contribution is 2.45. The maximum absolute atomic E-state index is 14.1. The molecule has 1 saturated heterocycles. The van der Waals surface area contributed by atoms with E-state index in [0.29, 0.717) is 11.3 Å². The number of hydrogen-bond donors (Lipinski definition) is 1. The standard InChI is InChI=1S/C29H29N3O5S3/c1-29(2,3)37-27(35)31-21-24(33)32-22(19(16-39-25(21)32)20-15-30-28(38-4)40-20)26(34)36-23(17-11-7-5-8-12-17)18-13-9-6-10-14-18/h5-15,21,23,25H,16H2,1-4H3,(H,31,35). The van der Waals surface area contributed by atoms with Crippen LogP contribution in [0.1, 0.15) is 42.9 Å². The first kappa shape index (κ1) is 28.3. The lowest BCUT2D eigenvalue weighted by atomic mass is 10.0. The van der Waals surface area contributed by atoms with Gasteiger partial charge in [0.1, 0.15) is 27.1 Å². The van der Waals surface area contributed by atoms with E-state index < -0.39 is 41.1 Å². The number of hydrogen-bond acceptors (Lipinski definition) is 9. The third kappa shape index (κ3) is 5.91. The molecule has 0 saturated carbocycles. The molecular formula is C29H29N3O5S3. The third-order valence-corrected chi connectivity index (χ3v) is 9.56. The van der Waals surface area contributed by atoms with Crippen LogP contribution in [0, 0.1) is 0 Å². The predicted octanol–water partition coefficient (Wildman–Crippen LogP) is 5.72. The van der Waals surface area contributed by atoms with E-state index in [1.54, 1.807) is 27.0 Å². The summed E-state index contributed by atoms with van der Waals surface area (Å²) < 4.78 is 12.4. The molecule has 11 heteroatoms. The zero-order valence-corrected chi connectivity index (χ0v) is 24.9. The quantitative estimate of drug-likeness (QED) is 0.211. The fourth-order valence-corrected chi connectivity index (χ4v) is 7.38. The van der Waals surface area contributed by atoms with E-state index in [4.69, 9.17) is 9.47 Å². The van der Waals surface area contributed by atoms with Gasteiger partial charge in [-0.15, -0.1) is 23.1 Å². The van der Waals surface area contributed by atoms with E-state index >= 15 is 0 Å². The molecule has 208 valence electrons. The molecule has 0 radical (unpaired) electrons. The van der Waals surface area contributed by atoms with E-state index in [1.165, 1.54) is 39.8 Å². The van der Waals surface area contributed by atoms with Gasteiger partial charge in [0.05, 0.1) is 4.88 Å². The van der Waals surface area contributed by atoms with Crippen LogP contribution in [0.15, 0.2) is 76.9 Å². The Labute approximate surface area is 245 Å². The number of benzene rings is 2. The second kappa shape index (κ2) is 11.7. The Kier molecular flexibility index (Phi) is 8.25. The molecule has 5 rings (SSSR count). The molecule has 0 bridgehead atoms. The number of carbonyl (C=O) groups excluding carboxylic acids is 3. The fourth-order valence-electron chi connectivity index (χ4n) is 4.47. The molecular weight excluding hydrogens is 567 g/mol. The maximum Gasteiger partial charge on any atom is 0.408 e. The number of ether oxygens (including phenoxy) is 2. The zero-order chi connectivity index (χ0) is 28.4. The molecule has 1 fully saturated rings. The highest BCUT2D eigenvalue weighted by atomic mass is 32.2. The van der Waals surface area contributed by atoms with Crippen molar-refractivity contribution in [1.82, 2.24) is 15.2 Å². The van der Waals surface area contributed by atoms with Gasteiger partial charge < -0.3 is 14.8 Å². The number of nitrogens with one attached hydrogen (secondary N) is 1. The van der Waals surface area contributed by atoms with E-state index in [1.807, 2.05) is 66.9 Å². The van der Waals surface area contributed by atoms with Crippen LogP contribution in [0.4, 0.5) is 4.79 Å². The summed E-state index contributed by atoms with van der Waals surface area (Å²) in [5.74, 6) is -0.554. The fraction of sp³-hybridized carbons (Fsp3) is 0.310. The molecule has 2 aliphatic rings. The van der Waals surface area contributed by atoms with E-state index in [0.717, 1.165) is 20.3 Å². The van der Waals surface area contributed by atoms with Crippen LogP contribution in [0.3, 0.4) is 0 Å². The molecule has 2 atom stereocenters. The Balaban J connectivity index is 1.49. The predicted molar refractivity (Wildman–Crippen MR) is 158 cm³/mol. The first-order valence-corrected chi connectivity index (χ1v) is 15.7. The van der Waals surface area contributed by atoms with Crippen molar-refractivity contribution in [1.29, 1.82) is 0 Å². The Hall–Kier alpha value is -3.28. The monoisotopic (exact) mass is 595 g/mol. The first-order valence-electron chi connectivity index (χ1n) is 12.6. The van der Waals surface area contributed by atoms with Gasteiger partial charge in [0.25, 0.3) is 5.91 Å². The highest BCUT2D eigenvalue weighted by molar-refractivity contribution is 8.00. The topological polar surface area (TPSA) is 97.8 Å². The average Bonchev–Trinajstić information content (AvgIpc) is 3.43. The van der Waals surface area contributed by atoms with Gasteiger partial charge in [-0.2, -0.15) is 0 Å². The third-order valence-electron chi connectivity index (χ3n) is 6.22. The molecule has 0 aliphatic carbocycles. The van der Waals surface area contributed by atoms with Gasteiger partial charge in [0.2, 0.25) is 0 Å². The van der Waals surface area contributed by atoms with Crippen molar-refractivity contribution in [3.8, 4) is 0 Å². The number of rotatable bonds is 7. The van der Waals surface area contributed by atoms with Gasteiger partial charge in [-0.3, -0.25) is 9.69 Å². The molecule has 40 heavy (non-hydrogen) atoms. The van der Waals surface area contributed by atoms with Crippen molar-refractivity contribution in [2.24, 2.45) is 0 Å². The van der Waals surface area contributed by atoms with E-state index in [2.05, 4.69) is 10.3 Å². The van der Waals surface area contributed by atoms with Crippen LogP contribution in [-0.2, 0) is 19.1 Å². The minimum absolute atomic E-state index is 0.184. The van der Waals surface area contributed by atoms with Crippen molar-refractivity contribution in [2.45, 2.75) is 48.2 Å². The van der Waals surface area contributed by atoms with Crippen molar-refractivity contribution < 1.29 is 23.9 Å². The van der Waals surface area contributed by atoms with Crippen molar-refractivity contribution in [2.75, 3.05) is 12.0 Å². The Morgan fingerprint density at radius 2 is 1.70 bits per heavy atom. The van der Waals surface area contributed by atoms with Gasteiger partial charge in [-0.1, -0.05) is 72.4 Å². The summed E-state index contributed by atoms with van der Waals surface area (Å²) in [6.07, 6.45) is 2.32. The summed E-state index contributed by atoms with van der Waals surface area (Å²) in [6, 6.07) is 18.2. The largest absolute Gasteiger partial charge is 0.448 e. The SMILES string of the molecule is CSc1ncc(C2=C(C(=O)OC(c3ccccc3)c3ccccc3)N3C(=O)C(NC(=O)OC(C)(C)C)C3SC2)s1. The van der Waals surface area contributed by atoms with Crippen LogP contribution < -0.4 is 5.32 Å². The molecule has 1 N–H and O–H groups in total. The molecule has 2 aliphatic heterocycles. The zero-order valence-electron chi connectivity index (χ0n) is 22.5. The van der Waals surface area contributed by atoms with Crippen LogP contribution in [0.5, 0.6) is 0 Å². The van der Waals surface area contributed by atoms with Crippen LogP contribution in [0.2, 0.25) is 0 Å². The van der Waals surface area contributed by atoms with E-state index in [-0.39, 0.29) is 5.70 Å². The lowest BCUT2D eigenvalue weighted by molar-refractivity contribution is -0.153. The number of esters is 1. The van der Waals surface area contributed by atoms with Crippen LogP contribution in [0.25, 0.3) is 5.57 Å². The molecule has 8 nitrogen and oxygen atoms in total. The number of aromatic nitrogens is 1. The molecule has 1 aromatic heterocycles. The van der Waals surface area contributed by atoms with Crippen molar-refractivity contribution in [3.05, 3.63) is 88.6 Å². The summed E-state index contributed by atoms with van der Waals surface area (Å²) in [5, 5.41) is 2.21. The normalized spacial score (nSPS) is 18.7. The number of β-lactam (4-membered cyclic amide) rings is 1. The molecule has 3 aromatic rings. The van der Waals surface area contributed by atoms with Crippen molar-refractivity contribution >= 4 is 58.4 Å². The molecule has 3 heterocycles. The number of nitrogens with zero attached hydrogens (tertiary/aromatic N) is 2. The Bertz CT molecular complexity index is 1400. The first-order chi connectivity index (χ1) is 19.2. The summed E-state index contributed by atoms with van der Waals surface area (Å²) in [6.45, 7) is 5.27. The number of carbonyl (C=O) groups is 3. The summed E-state index contributed by atoms with van der Waals surface area (Å²) in [7, 11) is 0. The number of thiazole rings is 1. The number of alkyl carbamates (subject to hydrolysis) is 1. The van der Waals surface area contributed by atoms with Crippen LogP contribution in [-0.4, -0.2) is 56.9 Å². The molecule has 2 amide bonds. The van der Waals surface area contributed by atoms with Crippen molar-refractivity contribution in [3.63, 3.8) is 0 Å². The lowest BCUT2D eigenvalue weighted by Crippen LogP contribution is -2.70. The minimum atomic E-state index is -0.813. The van der Waals surface area contributed by atoms with Gasteiger partial charge in [0.15, 0.2) is 6.10 Å². The summed E-state index contributed by atoms with van der Waals surface area (Å²) >= 11 is 4.46. The Morgan fingerprint density at radius 3 is 2.25 bits per heavy atom. The molecule has 2 aromatic carbocycles. The molecule has 0 spiro atoms. The second-order valence-electron chi connectivity index (χ2n) is 10.2. The van der Waals surface area contributed by atoms with Gasteiger partial charge >= 0.3 is 12.1 Å². The number of fused-ring (bicyclic) bond motifs is 1. The Morgan fingerprint density at radius 1 is 1.07 bits per heavy atom. The lowest BCUT2D eigenvalue weighted by Gasteiger charge is -2.49. The minimum Gasteiger partial charge on any atom is -0.448 e. The number of thioether (sulfide) groups is 2. The summed E-state index contributed by atoms with van der Waals surface area (Å²) in [4.78, 5) is 46.6. The number of amides is 2. The average molecular weight is 596 g/mol. The second-order valence-corrected chi connectivity index (χ2v) is 13.4. The van der Waals surface area contributed by atoms with Crippen LogP contribution >= 0.6 is 34.9 Å². The molecule has 2 unspecified atom stereocenters. The highest BCUT2D eigenvalue weighted by Gasteiger charge is 2.55. The van der Waals surface area contributed by atoms with E-state index in [9.17, 15) is 14.4 Å². The van der Waals surface area contributed by atoms with Gasteiger partial charge in [-0.25, -0.2) is 14.6 Å². The maximum atomic E-state index is 14.1.